The van der Waals surface area contributed by atoms with Gasteiger partial charge in [0.25, 0.3) is 5.91 Å². The van der Waals surface area contributed by atoms with Crippen LogP contribution in [0.3, 0.4) is 0 Å². The third-order valence-electron chi connectivity index (χ3n) is 4.04. The van der Waals surface area contributed by atoms with Gasteiger partial charge in [-0.3, -0.25) is 14.8 Å². The number of carbonyl (C=O) groups excluding carboxylic acids is 1. The summed E-state index contributed by atoms with van der Waals surface area (Å²) in [5, 5.41) is 0. The van der Waals surface area contributed by atoms with Gasteiger partial charge in [-0.2, -0.15) is 0 Å². The normalized spacial score (nSPS) is 15.8. The highest BCUT2D eigenvalue weighted by Gasteiger charge is 2.21. The maximum absolute atomic E-state index is 12.5. The standard InChI is InChI=1S/C17H20N4O/c1-2-20-9-11-21(12-10-20)17(22)14-6-7-16(19-13-14)15-5-3-4-8-18-15/h3-8,13H,2,9-12H2,1H3. The third kappa shape index (κ3) is 3.14. The molecule has 3 rings (SSSR count). The van der Waals surface area contributed by atoms with Crippen LogP contribution < -0.4 is 0 Å². The average Bonchev–Trinajstić information content (AvgIpc) is 2.62. The molecule has 1 aliphatic heterocycles. The fourth-order valence-corrected chi connectivity index (χ4v) is 2.64. The molecule has 0 bridgehead atoms. The minimum atomic E-state index is 0.0656. The van der Waals surface area contributed by atoms with Crippen LogP contribution in [-0.4, -0.2) is 58.4 Å². The summed E-state index contributed by atoms with van der Waals surface area (Å²) in [6.07, 6.45) is 3.39. The van der Waals surface area contributed by atoms with E-state index in [0.717, 1.165) is 44.1 Å². The average molecular weight is 296 g/mol. The van der Waals surface area contributed by atoms with E-state index < -0.39 is 0 Å². The van der Waals surface area contributed by atoms with Gasteiger partial charge in [0.15, 0.2) is 0 Å². The van der Waals surface area contributed by atoms with E-state index in [1.807, 2.05) is 35.2 Å². The Labute approximate surface area is 130 Å². The molecule has 1 amide bonds. The van der Waals surface area contributed by atoms with Crippen LogP contribution >= 0.6 is 0 Å². The van der Waals surface area contributed by atoms with E-state index >= 15 is 0 Å². The smallest absolute Gasteiger partial charge is 0.255 e. The first-order valence-electron chi connectivity index (χ1n) is 7.67. The van der Waals surface area contributed by atoms with Crippen LogP contribution in [0.1, 0.15) is 17.3 Å². The van der Waals surface area contributed by atoms with Crippen LogP contribution in [0.2, 0.25) is 0 Å². The second kappa shape index (κ2) is 6.66. The molecule has 1 fully saturated rings. The number of rotatable bonds is 3. The summed E-state index contributed by atoms with van der Waals surface area (Å²) >= 11 is 0. The minimum Gasteiger partial charge on any atom is -0.336 e. The number of amides is 1. The molecule has 0 atom stereocenters. The fourth-order valence-electron chi connectivity index (χ4n) is 2.64. The number of hydrogen-bond donors (Lipinski definition) is 0. The number of nitrogens with zero attached hydrogens (tertiary/aromatic N) is 4. The van der Waals surface area contributed by atoms with E-state index in [0.29, 0.717) is 5.56 Å². The Hall–Kier alpha value is -2.27. The first kappa shape index (κ1) is 14.7. The van der Waals surface area contributed by atoms with Gasteiger partial charge in [0.2, 0.25) is 0 Å². The highest BCUT2D eigenvalue weighted by Crippen LogP contribution is 2.15. The highest BCUT2D eigenvalue weighted by molar-refractivity contribution is 5.94. The number of likely N-dealkylation sites (N-methyl/N-ethyl adjacent to an activating group) is 1. The van der Waals surface area contributed by atoms with Gasteiger partial charge in [-0.15, -0.1) is 0 Å². The minimum absolute atomic E-state index is 0.0656. The Morgan fingerprint density at radius 3 is 2.41 bits per heavy atom. The van der Waals surface area contributed by atoms with Crippen LogP contribution in [-0.2, 0) is 0 Å². The molecule has 22 heavy (non-hydrogen) atoms. The van der Waals surface area contributed by atoms with Crippen molar-refractivity contribution in [3.05, 3.63) is 48.3 Å². The SMILES string of the molecule is CCN1CCN(C(=O)c2ccc(-c3ccccn3)nc2)CC1. The topological polar surface area (TPSA) is 49.3 Å². The van der Waals surface area contributed by atoms with Gasteiger partial charge < -0.3 is 9.80 Å². The Morgan fingerprint density at radius 1 is 1.05 bits per heavy atom. The van der Waals surface area contributed by atoms with Crippen molar-refractivity contribution in [2.75, 3.05) is 32.7 Å². The lowest BCUT2D eigenvalue weighted by Crippen LogP contribution is -2.48. The zero-order chi connectivity index (χ0) is 15.4. The largest absolute Gasteiger partial charge is 0.336 e. The predicted molar refractivity (Wildman–Crippen MR) is 85.5 cm³/mol. The molecule has 5 nitrogen and oxygen atoms in total. The van der Waals surface area contributed by atoms with Gasteiger partial charge >= 0.3 is 0 Å². The van der Waals surface area contributed by atoms with E-state index in [1.165, 1.54) is 0 Å². The first-order chi connectivity index (χ1) is 10.8. The molecule has 2 aromatic rings. The van der Waals surface area contributed by atoms with Crippen molar-refractivity contribution in [3.8, 4) is 11.4 Å². The summed E-state index contributed by atoms with van der Waals surface area (Å²) in [7, 11) is 0. The third-order valence-corrected chi connectivity index (χ3v) is 4.04. The van der Waals surface area contributed by atoms with Gasteiger partial charge in [0.1, 0.15) is 0 Å². The summed E-state index contributed by atoms with van der Waals surface area (Å²) in [4.78, 5) is 25.4. The molecular formula is C17H20N4O. The number of pyridine rings is 2. The molecule has 0 radical (unpaired) electrons. The van der Waals surface area contributed by atoms with Crippen molar-refractivity contribution < 1.29 is 4.79 Å². The quantitative estimate of drug-likeness (QED) is 0.868. The summed E-state index contributed by atoms with van der Waals surface area (Å²) in [6, 6.07) is 9.41. The Kier molecular flexibility index (Phi) is 4.44. The van der Waals surface area contributed by atoms with E-state index in [-0.39, 0.29) is 5.91 Å². The van der Waals surface area contributed by atoms with Crippen molar-refractivity contribution in [2.45, 2.75) is 6.92 Å². The molecule has 114 valence electrons. The van der Waals surface area contributed by atoms with E-state index in [4.69, 9.17) is 0 Å². The summed E-state index contributed by atoms with van der Waals surface area (Å²) in [6.45, 7) is 6.66. The molecule has 1 saturated heterocycles. The number of hydrogen-bond acceptors (Lipinski definition) is 4. The van der Waals surface area contributed by atoms with Crippen molar-refractivity contribution in [1.29, 1.82) is 0 Å². The molecule has 0 N–H and O–H groups in total. The second-order valence-electron chi connectivity index (χ2n) is 5.37. The van der Waals surface area contributed by atoms with Crippen molar-refractivity contribution in [2.24, 2.45) is 0 Å². The van der Waals surface area contributed by atoms with Crippen molar-refractivity contribution in [1.82, 2.24) is 19.8 Å². The number of carbonyl (C=O) groups is 1. The summed E-state index contributed by atoms with van der Waals surface area (Å²) in [5.41, 5.74) is 2.25. The van der Waals surface area contributed by atoms with E-state index in [9.17, 15) is 4.79 Å². The highest BCUT2D eigenvalue weighted by atomic mass is 16.2. The van der Waals surface area contributed by atoms with Gasteiger partial charge in [0.05, 0.1) is 17.0 Å². The van der Waals surface area contributed by atoms with Crippen LogP contribution in [0.15, 0.2) is 42.7 Å². The predicted octanol–water partition coefficient (Wildman–Crippen LogP) is 1.92. The fraction of sp³-hybridized carbons (Fsp3) is 0.353. The molecule has 1 aliphatic rings. The lowest BCUT2D eigenvalue weighted by atomic mass is 10.2. The lowest BCUT2D eigenvalue weighted by Gasteiger charge is -2.34. The van der Waals surface area contributed by atoms with Crippen LogP contribution in [0.25, 0.3) is 11.4 Å². The first-order valence-corrected chi connectivity index (χ1v) is 7.67. The number of aromatic nitrogens is 2. The Morgan fingerprint density at radius 2 is 1.82 bits per heavy atom. The van der Waals surface area contributed by atoms with Gasteiger partial charge in [-0.25, -0.2) is 0 Å². The number of piperazine rings is 1. The molecule has 5 heteroatoms. The maximum Gasteiger partial charge on any atom is 0.255 e. The molecule has 3 heterocycles. The Bertz CT molecular complexity index is 619. The summed E-state index contributed by atoms with van der Waals surface area (Å²) in [5.74, 6) is 0.0656. The molecule has 0 spiro atoms. The van der Waals surface area contributed by atoms with E-state index in [2.05, 4.69) is 21.8 Å². The summed E-state index contributed by atoms with van der Waals surface area (Å²) < 4.78 is 0. The molecule has 2 aromatic heterocycles. The molecule has 0 aromatic carbocycles. The van der Waals surface area contributed by atoms with Gasteiger partial charge in [-0.05, 0) is 30.8 Å². The van der Waals surface area contributed by atoms with Crippen LogP contribution in [0, 0.1) is 0 Å². The maximum atomic E-state index is 12.5. The second-order valence-corrected chi connectivity index (χ2v) is 5.37. The van der Waals surface area contributed by atoms with Crippen LogP contribution in [0.4, 0.5) is 0 Å². The van der Waals surface area contributed by atoms with Crippen LogP contribution in [0.5, 0.6) is 0 Å². The molecular weight excluding hydrogens is 276 g/mol. The zero-order valence-electron chi connectivity index (χ0n) is 12.8. The molecule has 0 unspecified atom stereocenters. The molecule has 0 aliphatic carbocycles. The Balaban J connectivity index is 1.69. The van der Waals surface area contributed by atoms with Crippen molar-refractivity contribution in [3.63, 3.8) is 0 Å². The lowest BCUT2D eigenvalue weighted by molar-refractivity contribution is 0.0643. The molecule has 0 saturated carbocycles. The van der Waals surface area contributed by atoms with E-state index in [1.54, 1.807) is 12.4 Å². The van der Waals surface area contributed by atoms with Gasteiger partial charge in [0, 0.05) is 38.6 Å². The van der Waals surface area contributed by atoms with Gasteiger partial charge in [-0.1, -0.05) is 13.0 Å². The zero-order valence-corrected chi connectivity index (χ0v) is 12.8. The van der Waals surface area contributed by atoms with Crippen molar-refractivity contribution >= 4 is 5.91 Å². The monoisotopic (exact) mass is 296 g/mol.